The zero-order valence-electron chi connectivity index (χ0n) is 14.4. The number of oxazole rings is 1. The zero-order valence-corrected chi connectivity index (χ0v) is 14.4. The number of benzene rings is 1. The molecule has 7 heteroatoms. The molecule has 0 unspecified atom stereocenters. The average Bonchev–Trinajstić information content (AvgIpc) is 3.14. The van der Waals surface area contributed by atoms with Crippen LogP contribution < -0.4 is 10.5 Å². The maximum atomic E-state index is 13.2. The van der Waals surface area contributed by atoms with Crippen molar-refractivity contribution < 1.29 is 13.5 Å². The third-order valence-corrected chi connectivity index (χ3v) is 4.01. The largest absolute Gasteiger partial charge is 0.493 e. The number of hydrogen-bond donors (Lipinski definition) is 1. The molecule has 3 aromatic heterocycles. The minimum Gasteiger partial charge on any atom is -0.493 e. The van der Waals surface area contributed by atoms with E-state index in [4.69, 9.17) is 14.9 Å². The van der Waals surface area contributed by atoms with Crippen LogP contribution in [0.1, 0.15) is 0 Å². The Hall–Kier alpha value is -3.74. The lowest BCUT2D eigenvalue weighted by Crippen LogP contribution is -1.97. The molecule has 2 N–H and O–H groups in total. The monoisotopic (exact) mass is 362 g/mol. The summed E-state index contributed by atoms with van der Waals surface area (Å²) >= 11 is 0. The minimum absolute atomic E-state index is 0.252. The van der Waals surface area contributed by atoms with Crippen molar-refractivity contribution in [1.82, 2.24) is 15.0 Å². The highest BCUT2D eigenvalue weighted by Gasteiger charge is 2.20. The first-order valence-electron chi connectivity index (χ1n) is 8.14. The quantitative estimate of drug-likeness (QED) is 0.585. The number of methoxy groups -OCH3 is 1. The van der Waals surface area contributed by atoms with E-state index in [2.05, 4.69) is 15.0 Å². The highest BCUT2D eigenvalue weighted by molar-refractivity contribution is 5.78. The van der Waals surface area contributed by atoms with Crippen LogP contribution in [0.2, 0.25) is 0 Å². The average molecular weight is 362 g/mol. The van der Waals surface area contributed by atoms with Crippen molar-refractivity contribution >= 4 is 5.82 Å². The van der Waals surface area contributed by atoms with Crippen molar-refractivity contribution in [2.75, 3.05) is 12.8 Å². The van der Waals surface area contributed by atoms with Gasteiger partial charge in [-0.1, -0.05) is 0 Å². The van der Waals surface area contributed by atoms with Crippen LogP contribution in [0.5, 0.6) is 5.75 Å². The van der Waals surface area contributed by atoms with Crippen molar-refractivity contribution in [3.05, 3.63) is 66.7 Å². The van der Waals surface area contributed by atoms with Crippen LogP contribution in [0.25, 0.3) is 34.2 Å². The lowest BCUT2D eigenvalue weighted by molar-refractivity contribution is 0.415. The summed E-state index contributed by atoms with van der Waals surface area (Å²) in [6.07, 6.45) is 3.32. The van der Waals surface area contributed by atoms with Gasteiger partial charge in [0.05, 0.1) is 12.8 Å². The van der Waals surface area contributed by atoms with Crippen LogP contribution in [0.4, 0.5) is 10.2 Å². The van der Waals surface area contributed by atoms with E-state index in [1.54, 1.807) is 36.7 Å². The van der Waals surface area contributed by atoms with Gasteiger partial charge in [0.15, 0.2) is 17.3 Å². The molecule has 0 radical (unpaired) electrons. The van der Waals surface area contributed by atoms with E-state index in [-0.39, 0.29) is 11.6 Å². The molecule has 3 heterocycles. The lowest BCUT2D eigenvalue weighted by atomic mass is 10.1. The second kappa shape index (κ2) is 6.87. The Kier molecular flexibility index (Phi) is 4.25. The predicted molar refractivity (Wildman–Crippen MR) is 99.3 cm³/mol. The van der Waals surface area contributed by atoms with Gasteiger partial charge in [0.2, 0.25) is 5.89 Å². The van der Waals surface area contributed by atoms with Crippen molar-refractivity contribution in [2.45, 2.75) is 0 Å². The fourth-order valence-electron chi connectivity index (χ4n) is 2.68. The summed E-state index contributed by atoms with van der Waals surface area (Å²) in [5.74, 6) is 1.28. The van der Waals surface area contributed by atoms with E-state index in [1.165, 1.54) is 19.2 Å². The first kappa shape index (κ1) is 16.7. The van der Waals surface area contributed by atoms with Gasteiger partial charge in [-0.3, -0.25) is 4.98 Å². The molecule has 0 bridgehead atoms. The Morgan fingerprint density at radius 1 is 0.926 bits per heavy atom. The van der Waals surface area contributed by atoms with E-state index in [9.17, 15) is 4.39 Å². The topological polar surface area (TPSA) is 87.1 Å². The molecule has 0 fully saturated rings. The number of pyridine rings is 2. The smallest absolute Gasteiger partial charge is 0.227 e. The Morgan fingerprint density at radius 2 is 1.67 bits per heavy atom. The van der Waals surface area contributed by atoms with E-state index < -0.39 is 0 Å². The number of aromatic nitrogens is 3. The van der Waals surface area contributed by atoms with Crippen LogP contribution in [-0.2, 0) is 0 Å². The molecule has 0 amide bonds. The molecule has 0 spiro atoms. The fraction of sp³-hybridized carbons (Fsp3) is 0.0500. The normalized spacial score (nSPS) is 10.7. The number of rotatable bonds is 4. The highest BCUT2D eigenvalue weighted by atomic mass is 19.1. The molecule has 1 aromatic carbocycles. The van der Waals surface area contributed by atoms with E-state index in [0.717, 1.165) is 5.56 Å². The highest BCUT2D eigenvalue weighted by Crippen LogP contribution is 2.36. The number of hydrogen-bond acceptors (Lipinski definition) is 6. The van der Waals surface area contributed by atoms with Crippen LogP contribution in [0.15, 0.2) is 65.3 Å². The second-order valence-electron chi connectivity index (χ2n) is 5.72. The van der Waals surface area contributed by atoms with Gasteiger partial charge in [-0.15, -0.1) is 0 Å². The summed E-state index contributed by atoms with van der Waals surface area (Å²) in [7, 11) is 1.53. The van der Waals surface area contributed by atoms with Gasteiger partial charge in [0.1, 0.15) is 11.5 Å². The Bertz CT molecular complexity index is 1080. The molecular formula is C20H15FN4O2. The number of nitrogen functional groups attached to an aromatic ring is 1. The molecule has 0 atom stereocenters. The SMILES string of the molecule is COc1ccc(-c2nc(-c3ccc(F)cc3)oc2-c2ccncc2)nc1N. The number of nitrogens with two attached hydrogens (primary N) is 1. The summed E-state index contributed by atoms with van der Waals surface area (Å²) in [6.45, 7) is 0. The summed E-state index contributed by atoms with van der Waals surface area (Å²) < 4.78 is 24.4. The molecular weight excluding hydrogens is 347 g/mol. The van der Waals surface area contributed by atoms with Gasteiger partial charge in [0.25, 0.3) is 0 Å². The van der Waals surface area contributed by atoms with E-state index in [0.29, 0.717) is 34.4 Å². The van der Waals surface area contributed by atoms with Crippen LogP contribution in [0.3, 0.4) is 0 Å². The first-order valence-corrected chi connectivity index (χ1v) is 8.14. The maximum absolute atomic E-state index is 13.2. The van der Waals surface area contributed by atoms with Crippen LogP contribution in [0, 0.1) is 5.82 Å². The van der Waals surface area contributed by atoms with E-state index >= 15 is 0 Å². The molecule has 0 saturated heterocycles. The number of nitrogens with zero attached hydrogens (tertiary/aromatic N) is 3. The van der Waals surface area contributed by atoms with Gasteiger partial charge < -0.3 is 14.9 Å². The van der Waals surface area contributed by atoms with Gasteiger partial charge >= 0.3 is 0 Å². The zero-order chi connectivity index (χ0) is 18.8. The molecule has 27 heavy (non-hydrogen) atoms. The Labute approximate surface area is 154 Å². The molecule has 0 saturated carbocycles. The van der Waals surface area contributed by atoms with Crippen molar-refractivity contribution in [2.24, 2.45) is 0 Å². The predicted octanol–water partition coefficient (Wildman–Crippen LogP) is 4.20. The van der Waals surface area contributed by atoms with E-state index in [1.807, 2.05) is 12.1 Å². The van der Waals surface area contributed by atoms with Crippen molar-refractivity contribution in [3.63, 3.8) is 0 Å². The molecule has 0 aliphatic heterocycles. The van der Waals surface area contributed by atoms with Crippen LogP contribution in [-0.4, -0.2) is 22.1 Å². The first-order chi connectivity index (χ1) is 13.2. The number of ether oxygens (including phenoxy) is 1. The summed E-state index contributed by atoms with van der Waals surface area (Å²) in [5, 5.41) is 0. The molecule has 0 aliphatic carbocycles. The standard InChI is InChI=1S/C20H15FN4O2/c1-26-16-7-6-15(24-19(16)22)17-18(12-8-10-23-11-9-12)27-20(25-17)13-2-4-14(21)5-3-13/h2-11H,1H3,(H2,22,24). The van der Waals surface area contributed by atoms with Crippen molar-refractivity contribution in [1.29, 1.82) is 0 Å². The number of halogens is 1. The van der Waals surface area contributed by atoms with Crippen LogP contribution >= 0.6 is 0 Å². The number of anilines is 1. The maximum Gasteiger partial charge on any atom is 0.227 e. The van der Waals surface area contributed by atoms with Gasteiger partial charge in [0, 0.05) is 23.5 Å². The second-order valence-corrected chi connectivity index (χ2v) is 5.72. The lowest BCUT2D eigenvalue weighted by Gasteiger charge is -2.05. The molecule has 4 rings (SSSR count). The van der Waals surface area contributed by atoms with Gasteiger partial charge in [-0.05, 0) is 48.5 Å². The third-order valence-electron chi connectivity index (χ3n) is 4.01. The van der Waals surface area contributed by atoms with Gasteiger partial charge in [-0.25, -0.2) is 14.4 Å². The summed E-state index contributed by atoms with van der Waals surface area (Å²) in [4.78, 5) is 13.0. The Morgan fingerprint density at radius 3 is 2.33 bits per heavy atom. The van der Waals surface area contributed by atoms with Crippen molar-refractivity contribution in [3.8, 4) is 39.9 Å². The minimum atomic E-state index is -0.329. The molecule has 4 aromatic rings. The fourth-order valence-corrected chi connectivity index (χ4v) is 2.68. The summed E-state index contributed by atoms with van der Waals surface area (Å²) in [5.41, 5.74) is 8.45. The molecule has 134 valence electrons. The molecule has 0 aliphatic rings. The van der Waals surface area contributed by atoms with Gasteiger partial charge in [-0.2, -0.15) is 0 Å². The Balaban J connectivity index is 1.88. The molecule has 6 nitrogen and oxygen atoms in total. The third kappa shape index (κ3) is 3.22. The summed E-state index contributed by atoms with van der Waals surface area (Å²) in [6, 6.07) is 13.0.